The van der Waals surface area contributed by atoms with Crippen LogP contribution in [0.3, 0.4) is 0 Å². The van der Waals surface area contributed by atoms with Crippen molar-refractivity contribution in [3.8, 4) is 11.1 Å². The van der Waals surface area contributed by atoms with Gasteiger partial charge in [0.25, 0.3) is 0 Å². The van der Waals surface area contributed by atoms with E-state index in [9.17, 15) is 13.2 Å². The molecule has 3 aromatic heterocycles. The van der Waals surface area contributed by atoms with E-state index in [4.69, 9.17) is 0 Å². The monoisotopic (exact) mass is 357 g/mol. The van der Waals surface area contributed by atoms with Crippen molar-refractivity contribution in [1.29, 1.82) is 0 Å². The Labute approximate surface area is 146 Å². The van der Waals surface area contributed by atoms with E-state index >= 15 is 0 Å². The lowest BCUT2D eigenvalue weighted by Crippen LogP contribution is -2.12. The summed E-state index contributed by atoms with van der Waals surface area (Å²) in [6.07, 6.45) is 2.41. The number of aryl methyl sites for hydroxylation is 1. The summed E-state index contributed by atoms with van der Waals surface area (Å²) >= 11 is 0. The molecule has 26 heavy (non-hydrogen) atoms. The van der Waals surface area contributed by atoms with Crippen molar-refractivity contribution in [2.75, 3.05) is 0 Å². The summed E-state index contributed by atoms with van der Waals surface area (Å²) in [4.78, 5) is 4.36. The Balaban J connectivity index is 1.76. The first-order chi connectivity index (χ1) is 12.4. The number of pyridine rings is 1. The van der Waals surface area contributed by atoms with Gasteiger partial charge in [-0.25, -0.2) is 0 Å². The lowest BCUT2D eigenvalue weighted by Gasteiger charge is -2.13. The molecule has 5 nitrogen and oxygen atoms in total. The zero-order valence-corrected chi connectivity index (χ0v) is 13.8. The summed E-state index contributed by atoms with van der Waals surface area (Å²) in [5.41, 5.74) is 2.52. The van der Waals surface area contributed by atoms with Crippen LogP contribution in [0.1, 0.15) is 11.1 Å². The highest BCUT2D eigenvalue weighted by Crippen LogP contribution is 2.32. The molecule has 0 aliphatic carbocycles. The molecule has 0 spiro atoms. The smallest absolute Gasteiger partial charge is 0.275 e. The highest BCUT2D eigenvalue weighted by Gasteiger charge is 2.33. The highest BCUT2D eigenvalue weighted by molar-refractivity contribution is 5.80. The fraction of sp³-hybridized carbons (Fsp3) is 0.167. The first-order valence-corrected chi connectivity index (χ1v) is 7.87. The Morgan fingerprint density at radius 1 is 1.00 bits per heavy atom. The van der Waals surface area contributed by atoms with Gasteiger partial charge in [0.15, 0.2) is 0 Å². The predicted molar refractivity (Wildman–Crippen MR) is 90.3 cm³/mol. The van der Waals surface area contributed by atoms with Gasteiger partial charge in [0.05, 0.1) is 30.0 Å². The second-order valence-corrected chi connectivity index (χ2v) is 5.99. The number of aromatic nitrogens is 5. The van der Waals surface area contributed by atoms with Crippen molar-refractivity contribution < 1.29 is 13.2 Å². The number of nitrogens with zero attached hydrogens (tertiary/aromatic N) is 5. The maximum absolute atomic E-state index is 13.2. The summed E-state index contributed by atoms with van der Waals surface area (Å²) in [6, 6.07) is 7.39. The van der Waals surface area contributed by atoms with Gasteiger partial charge in [0.1, 0.15) is 5.52 Å². The molecule has 4 aromatic rings. The highest BCUT2D eigenvalue weighted by atomic mass is 19.4. The quantitative estimate of drug-likeness (QED) is 0.559. The molecule has 0 bridgehead atoms. The molecule has 0 aliphatic rings. The molecule has 0 aliphatic heterocycles. The van der Waals surface area contributed by atoms with Crippen molar-refractivity contribution >= 4 is 11.0 Å². The predicted octanol–water partition coefficient (Wildman–Crippen LogP) is 3.90. The van der Waals surface area contributed by atoms with E-state index in [2.05, 4.69) is 15.2 Å². The minimum absolute atomic E-state index is 0.0113. The van der Waals surface area contributed by atoms with Crippen LogP contribution in [0.15, 0.2) is 55.1 Å². The maximum Gasteiger partial charge on any atom is 0.416 e. The molecule has 0 amide bonds. The van der Waals surface area contributed by atoms with Gasteiger partial charge < -0.3 is 0 Å². The number of rotatable bonds is 3. The van der Waals surface area contributed by atoms with Crippen LogP contribution < -0.4 is 0 Å². The zero-order valence-electron chi connectivity index (χ0n) is 13.8. The topological polar surface area (TPSA) is 48.5 Å². The number of fused-ring (bicyclic) bond motifs is 1. The summed E-state index contributed by atoms with van der Waals surface area (Å²) in [5.74, 6) is 0. The molecule has 4 rings (SSSR count). The number of halogens is 3. The molecule has 132 valence electrons. The Morgan fingerprint density at radius 3 is 2.54 bits per heavy atom. The van der Waals surface area contributed by atoms with Crippen LogP contribution in [0.25, 0.3) is 22.2 Å². The Hall–Kier alpha value is -3.16. The molecule has 1 aromatic carbocycles. The Kier molecular flexibility index (Phi) is 3.75. The average Bonchev–Trinajstić information content (AvgIpc) is 3.21. The van der Waals surface area contributed by atoms with E-state index in [0.29, 0.717) is 11.0 Å². The number of alkyl halides is 3. The molecule has 0 fully saturated rings. The van der Waals surface area contributed by atoms with Crippen LogP contribution in [0, 0.1) is 0 Å². The maximum atomic E-state index is 13.2. The van der Waals surface area contributed by atoms with Crippen LogP contribution in [0.2, 0.25) is 0 Å². The molecule has 0 N–H and O–H groups in total. The molecular formula is C18H14F3N5. The van der Waals surface area contributed by atoms with Crippen molar-refractivity contribution in [1.82, 2.24) is 24.5 Å². The summed E-state index contributed by atoms with van der Waals surface area (Å²) < 4.78 is 42.9. The standard InChI is InChI=1S/C18H14F3N5/c1-25-10-14(8-23-25)13-6-17-16(22-7-13)9-24-26(17)11-12-4-2-3-5-15(12)18(19,20)21/h2-10H,11H2,1H3. The number of hydrogen-bond acceptors (Lipinski definition) is 3. The molecule has 0 saturated carbocycles. The molecular weight excluding hydrogens is 343 g/mol. The van der Waals surface area contributed by atoms with E-state index in [0.717, 1.165) is 17.2 Å². The number of benzene rings is 1. The first-order valence-electron chi connectivity index (χ1n) is 7.87. The zero-order chi connectivity index (χ0) is 18.3. The van der Waals surface area contributed by atoms with Gasteiger partial charge in [-0.05, 0) is 17.7 Å². The SMILES string of the molecule is Cn1cc(-c2cnc3cnn(Cc4ccccc4C(F)(F)F)c3c2)cn1. The van der Waals surface area contributed by atoms with E-state index in [-0.39, 0.29) is 12.1 Å². The second kappa shape index (κ2) is 5.98. The summed E-state index contributed by atoms with van der Waals surface area (Å²) in [5, 5.41) is 8.35. The van der Waals surface area contributed by atoms with Crippen molar-refractivity contribution in [3.05, 3.63) is 66.2 Å². The van der Waals surface area contributed by atoms with Gasteiger partial charge in [-0.15, -0.1) is 0 Å². The van der Waals surface area contributed by atoms with Crippen molar-refractivity contribution in [2.24, 2.45) is 7.05 Å². The first kappa shape index (κ1) is 16.3. The third-order valence-corrected chi connectivity index (χ3v) is 4.18. The molecule has 0 atom stereocenters. The third kappa shape index (κ3) is 2.94. The Morgan fingerprint density at radius 2 is 1.81 bits per heavy atom. The lowest BCUT2D eigenvalue weighted by molar-refractivity contribution is -0.138. The third-order valence-electron chi connectivity index (χ3n) is 4.18. The van der Waals surface area contributed by atoms with Gasteiger partial charge >= 0.3 is 6.18 Å². The minimum atomic E-state index is -4.40. The van der Waals surface area contributed by atoms with Gasteiger partial charge in [0.2, 0.25) is 0 Å². The van der Waals surface area contributed by atoms with E-state index in [1.807, 2.05) is 19.3 Å². The van der Waals surface area contributed by atoms with Crippen molar-refractivity contribution in [2.45, 2.75) is 12.7 Å². The van der Waals surface area contributed by atoms with Crippen molar-refractivity contribution in [3.63, 3.8) is 0 Å². The van der Waals surface area contributed by atoms with E-state index < -0.39 is 11.7 Å². The molecule has 8 heteroatoms. The van der Waals surface area contributed by atoms with Crippen LogP contribution in [0.4, 0.5) is 13.2 Å². The van der Waals surface area contributed by atoms with Crippen LogP contribution in [0.5, 0.6) is 0 Å². The van der Waals surface area contributed by atoms with Gasteiger partial charge in [-0.1, -0.05) is 18.2 Å². The van der Waals surface area contributed by atoms with E-state index in [1.165, 1.54) is 16.8 Å². The van der Waals surface area contributed by atoms with Crippen LogP contribution in [-0.2, 0) is 19.8 Å². The Bertz CT molecular complexity index is 1080. The van der Waals surface area contributed by atoms with Gasteiger partial charge in [-0.2, -0.15) is 23.4 Å². The molecule has 3 heterocycles. The molecule has 0 unspecified atom stereocenters. The molecule has 0 radical (unpaired) electrons. The van der Waals surface area contributed by atoms with E-state index in [1.54, 1.807) is 29.3 Å². The average molecular weight is 357 g/mol. The lowest BCUT2D eigenvalue weighted by atomic mass is 10.1. The fourth-order valence-corrected chi connectivity index (χ4v) is 2.91. The molecule has 0 saturated heterocycles. The largest absolute Gasteiger partial charge is 0.416 e. The second-order valence-electron chi connectivity index (χ2n) is 5.99. The van der Waals surface area contributed by atoms with Gasteiger partial charge in [0, 0.05) is 30.6 Å². The fourth-order valence-electron chi connectivity index (χ4n) is 2.91. The van der Waals surface area contributed by atoms with Gasteiger partial charge in [-0.3, -0.25) is 14.3 Å². The summed E-state index contributed by atoms with van der Waals surface area (Å²) in [6.45, 7) is 0.0113. The number of hydrogen-bond donors (Lipinski definition) is 0. The summed E-state index contributed by atoms with van der Waals surface area (Å²) in [7, 11) is 1.81. The van der Waals surface area contributed by atoms with Crippen LogP contribution >= 0.6 is 0 Å². The normalized spacial score (nSPS) is 12.0. The minimum Gasteiger partial charge on any atom is -0.275 e. The van der Waals surface area contributed by atoms with Crippen LogP contribution in [-0.4, -0.2) is 24.5 Å².